The van der Waals surface area contributed by atoms with E-state index in [4.69, 9.17) is 0 Å². The maximum Gasteiger partial charge on any atom is 0.393 e. The molecule has 0 saturated carbocycles. The summed E-state index contributed by atoms with van der Waals surface area (Å²) < 4.78 is 20.1. The van der Waals surface area contributed by atoms with Crippen LogP contribution in [0.3, 0.4) is 0 Å². The largest absolute Gasteiger partial charge is 0.393 e. The van der Waals surface area contributed by atoms with Crippen molar-refractivity contribution in [3.05, 3.63) is 0 Å². The second-order valence-corrected chi connectivity index (χ2v) is 3.29. The number of hydrogen-bond donors (Lipinski definition) is 0. The molecule has 0 rings (SSSR count). The molecule has 0 unspecified atom stereocenters. The standard InChI is InChI=1S/C5H11O4P/c1-3-8-10(7,5-6)9-4-2/h5H,3-4H2,1-2H3. The van der Waals surface area contributed by atoms with Crippen LogP contribution in [0.5, 0.6) is 0 Å². The van der Waals surface area contributed by atoms with Gasteiger partial charge in [-0.2, -0.15) is 0 Å². The lowest BCUT2D eigenvalue weighted by Gasteiger charge is -2.08. The molecule has 5 heteroatoms. The Labute approximate surface area is 60.1 Å². The van der Waals surface area contributed by atoms with Gasteiger partial charge in [0.2, 0.25) is 6.03 Å². The van der Waals surface area contributed by atoms with Gasteiger partial charge >= 0.3 is 7.60 Å². The Morgan fingerprint density at radius 1 is 1.30 bits per heavy atom. The van der Waals surface area contributed by atoms with E-state index in [1.54, 1.807) is 13.8 Å². The first-order chi connectivity index (χ1) is 4.68. The van der Waals surface area contributed by atoms with Gasteiger partial charge in [0.15, 0.2) is 0 Å². The van der Waals surface area contributed by atoms with Gasteiger partial charge in [-0.05, 0) is 13.8 Å². The summed E-state index contributed by atoms with van der Waals surface area (Å²) in [5.74, 6) is 0. The molecule has 0 spiro atoms. The van der Waals surface area contributed by atoms with Crippen LogP contribution < -0.4 is 0 Å². The molecule has 0 N–H and O–H groups in total. The molecule has 0 atom stereocenters. The molecule has 0 aliphatic heterocycles. The lowest BCUT2D eigenvalue weighted by molar-refractivity contribution is 0.231. The molecule has 0 aromatic carbocycles. The van der Waals surface area contributed by atoms with E-state index in [-0.39, 0.29) is 19.2 Å². The molecule has 0 fully saturated rings. The van der Waals surface area contributed by atoms with Crippen LogP contribution in [0, 0.1) is 0 Å². The number of carbonyl (C=O) groups excluding carboxylic acids is 1. The van der Waals surface area contributed by atoms with Crippen molar-refractivity contribution in [3.8, 4) is 0 Å². The highest BCUT2D eigenvalue weighted by molar-refractivity contribution is 7.69. The summed E-state index contributed by atoms with van der Waals surface area (Å²) in [6, 6.07) is 0.222. The third-order valence-electron chi connectivity index (χ3n) is 0.747. The Balaban J connectivity index is 3.95. The zero-order valence-corrected chi connectivity index (χ0v) is 6.97. The smallest absolute Gasteiger partial charge is 0.304 e. The summed E-state index contributed by atoms with van der Waals surface area (Å²) >= 11 is 0. The zero-order chi connectivity index (χ0) is 8.04. The molecule has 0 radical (unpaired) electrons. The Kier molecular flexibility index (Phi) is 4.52. The normalized spacial score (nSPS) is 11.4. The van der Waals surface area contributed by atoms with Crippen molar-refractivity contribution in [3.63, 3.8) is 0 Å². The Morgan fingerprint density at radius 2 is 1.70 bits per heavy atom. The quantitative estimate of drug-likeness (QED) is 0.458. The minimum absolute atomic E-state index is 0.218. The second-order valence-electron chi connectivity index (χ2n) is 1.48. The molecule has 0 bridgehead atoms. The molecule has 0 saturated heterocycles. The molecule has 0 aliphatic rings. The molecule has 0 aromatic rings. The first-order valence-corrected chi connectivity index (χ1v) is 4.65. The summed E-state index contributed by atoms with van der Waals surface area (Å²) in [5.41, 5.74) is 0. The SMILES string of the molecule is CCOP(=O)(C=O)OCC. The van der Waals surface area contributed by atoms with Crippen LogP contribution in [0.15, 0.2) is 0 Å². The van der Waals surface area contributed by atoms with E-state index in [1.165, 1.54) is 0 Å². The maximum absolute atomic E-state index is 11.0. The van der Waals surface area contributed by atoms with E-state index in [9.17, 15) is 9.36 Å². The van der Waals surface area contributed by atoms with E-state index in [1.807, 2.05) is 0 Å². The average molecular weight is 166 g/mol. The fraction of sp³-hybridized carbons (Fsp3) is 0.800. The van der Waals surface area contributed by atoms with Crippen molar-refractivity contribution in [2.75, 3.05) is 13.2 Å². The van der Waals surface area contributed by atoms with Gasteiger partial charge in [-0.1, -0.05) is 0 Å². The lowest BCUT2D eigenvalue weighted by atomic mass is 10.9. The summed E-state index contributed by atoms with van der Waals surface area (Å²) in [6.45, 7) is 3.73. The molecular formula is C5H11O4P. The molecule has 0 amide bonds. The van der Waals surface area contributed by atoms with Gasteiger partial charge in [-0.15, -0.1) is 0 Å². The Hall–Kier alpha value is -0.180. The van der Waals surface area contributed by atoms with Gasteiger partial charge in [-0.3, -0.25) is 9.36 Å². The fourth-order valence-electron chi connectivity index (χ4n) is 0.458. The van der Waals surface area contributed by atoms with Gasteiger partial charge in [0.25, 0.3) is 0 Å². The first kappa shape index (κ1) is 9.82. The number of hydrogen-bond acceptors (Lipinski definition) is 4. The Bertz CT molecular complexity index is 135. The lowest BCUT2D eigenvalue weighted by Crippen LogP contribution is -1.95. The van der Waals surface area contributed by atoms with E-state index in [0.717, 1.165) is 0 Å². The third-order valence-corrected chi connectivity index (χ3v) is 2.24. The van der Waals surface area contributed by atoms with Crippen LogP contribution in [0.1, 0.15) is 13.8 Å². The molecule has 0 aliphatic carbocycles. The van der Waals surface area contributed by atoms with Crippen molar-refractivity contribution in [1.82, 2.24) is 0 Å². The van der Waals surface area contributed by atoms with Crippen LogP contribution in [-0.4, -0.2) is 19.2 Å². The minimum atomic E-state index is -3.38. The van der Waals surface area contributed by atoms with Crippen LogP contribution >= 0.6 is 7.60 Å². The first-order valence-electron chi connectivity index (χ1n) is 3.03. The van der Waals surface area contributed by atoms with Crippen molar-refractivity contribution in [2.24, 2.45) is 0 Å². The minimum Gasteiger partial charge on any atom is -0.304 e. The maximum atomic E-state index is 11.0. The summed E-state index contributed by atoms with van der Waals surface area (Å²) in [7, 11) is -3.38. The summed E-state index contributed by atoms with van der Waals surface area (Å²) in [4.78, 5) is 10.1. The molecule has 10 heavy (non-hydrogen) atoms. The molecule has 4 nitrogen and oxygen atoms in total. The predicted molar refractivity (Wildman–Crippen MR) is 37.6 cm³/mol. The molecule has 0 heterocycles. The van der Waals surface area contributed by atoms with Crippen molar-refractivity contribution in [2.45, 2.75) is 13.8 Å². The highest BCUT2D eigenvalue weighted by Crippen LogP contribution is 2.44. The predicted octanol–water partition coefficient (Wildman–Crippen LogP) is 1.44. The molecule has 0 aromatic heterocycles. The van der Waals surface area contributed by atoms with E-state index >= 15 is 0 Å². The van der Waals surface area contributed by atoms with Gasteiger partial charge in [0.05, 0.1) is 13.2 Å². The number of rotatable bonds is 5. The third kappa shape index (κ3) is 3.11. The van der Waals surface area contributed by atoms with Gasteiger partial charge in [-0.25, -0.2) is 0 Å². The van der Waals surface area contributed by atoms with Crippen LogP contribution in [-0.2, 0) is 18.4 Å². The van der Waals surface area contributed by atoms with Crippen LogP contribution in [0.25, 0.3) is 0 Å². The monoisotopic (exact) mass is 166 g/mol. The average Bonchev–Trinajstić information content (AvgIpc) is 1.89. The molecular weight excluding hydrogens is 155 g/mol. The second kappa shape index (κ2) is 4.61. The van der Waals surface area contributed by atoms with Gasteiger partial charge in [0.1, 0.15) is 0 Å². The zero-order valence-electron chi connectivity index (χ0n) is 6.07. The summed E-state index contributed by atoms with van der Waals surface area (Å²) in [5, 5.41) is 0. The highest BCUT2D eigenvalue weighted by Gasteiger charge is 2.21. The van der Waals surface area contributed by atoms with Gasteiger partial charge < -0.3 is 9.05 Å². The Morgan fingerprint density at radius 3 is 1.90 bits per heavy atom. The van der Waals surface area contributed by atoms with E-state index in [2.05, 4.69) is 9.05 Å². The van der Waals surface area contributed by atoms with E-state index < -0.39 is 7.60 Å². The molecule has 60 valence electrons. The van der Waals surface area contributed by atoms with E-state index in [0.29, 0.717) is 0 Å². The van der Waals surface area contributed by atoms with Crippen molar-refractivity contribution >= 4 is 13.6 Å². The van der Waals surface area contributed by atoms with Crippen molar-refractivity contribution < 1.29 is 18.4 Å². The van der Waals surface area contributed by atoms with Gasteiger partial charge in [0, 0.05) is 0 Å². The van der Waals surface area contributed by atoms with Crippen molar-refractivity contribution in [1.29, 1.82) is 0 Å². The highest BCUT2D eigenvalue weighted by atomic mass is 31.2. The topological polar surface area (TPSA) is 52.6 Å². The fourth-order valence-corrected chi connectivity index (χ4v) is 1.37. The van der Waals surface area contributed by atoms with Crippen LogP contribution in [0.2, 0.25) is 0 Å². The van der Waals surface area contributed by atoms with Crippen LogP contribution in [0.4, 0.5) is 0 Å². The number of carbonyl (C=O) groups is 1. The summed E-state index contributed by atoms with van der Waals surface area (Å²) in [6.07, 6.45) is 0.